The Morgan fingerprint density at radius 1 is 1.30 bits per heavy atom. The molecular weight excluding hydrogens is 254 g/mol. The molecule has 1 heterocycles. The Bertz CT molecular complexity index is 260. The van der Waals surface area contributed by atoms with Gasteiger partial charge in [0.15, 0.2) is 0 Å². The van der Waals surface area contributed by atoms with Crippen molar-refractivity contribution in [3.05, 3.63) is 0 Å². The second-order valence-corrected chi connectivity index (χ2v) is 6.83. The number of aliphatic hydroxyl groups excluding tert-OH is 1. The van der Waals surface area contributed by atoms with Gasteiger partial charge < -0.3 is 19.9 Å². The van der Waals surface area contributed by atoms with Gasteiger partial charge in [0.1, 0.15) is 0 Å². The van der Waals surface area contributed by atoms with Crippen LogP contribution in [0.4, 0.5) is 0 Å². The van der Waals surface area contributed by atoms with Crippen LogP contribution in [0.15, 0.2) is 0 Å². The van der Waals surface area contributed by atoms with E-state index in [2.05, 4.69) is 12.2 Å². The van der Waals surface area contributed by atoms with E-state index < -0.39 is 6.10 Å². The smallest absolute Gasteiger partial charge is 0.0897 e. The fourth-order valence-electron chi connectivity index (χ4n) is 3.29. The van der Waals surface area contributed by atoms with Crippen LogP contribution >= 0.6 is 0 Å². The Kier molecular flexibility index (Phi) is 6.75. The van der Waals surface area contributed by atoms with Crippen molar-refractivity contribution in [3.63, 3.8) is 0 Å². The molecule has 2 rings (SSSR count). The first-order valence-electron chi connectivity index (χ1n) is 8.26. The molecule has 1 aliphatic carbocycles. The summed E-state index contributed by atoms with van der Waals surface area (Å²) in [6.45, 7) is 5.88. The molecule has 0 amide bonds. The predicted molar refractivity (Wildman–Crippen MR) is 79.9 cm³/mol. The summed E-state index contributed by atoms with van der Waals surface area (Å²) in [6.07, 6.45) is 8.77. The first kappa shape index (κ1) is 16.2. The van der Waals surface area contributed by atoms with Gasteiger partial charge in [-0.1, -0.05) is 26.2 Å². The maximum Gasteiger partial charge on any atom is 0.0897 e. The Balaban J connectivity index is 1.49. The minimum atomic E-state index is -0.413. The van der Waals surface area contributed by atoms with Crippen LogP contribution in [0.3, 0.4) is 0 Å². The number of rotatable bonds is 8. The second-order valence-electron chi connectivity index (χ2n) is 6.83. The Labute approximate surface area is 123 Å². The van der Waals surface area contributed by atoms with Gasteiger partial charge in [-0.15, -0.1) is 0 Å². The summed E-state index contributed by atoms with van der Waals surface area (Å²) in [7, 11) is 0. The fraction of sp³-hybridized carbons (Fsp3) is 1.00. The highest BCUT2D eigenvalue weighted by Crippen LogP contribution is 2.34. The third kappa shape index (κ3) is 5.68. The molecule has 4 nitrogen and oxygen atoms in total. The van der Waals surface area contributed by atoms with Gasteiger partial charge >= 0.3 is 0 Å². The third-order valence-electron chi connectivity index (χ3n) is 4.63. The van der Waals surface area contributed by atoms with Crippen molar-refractivity contribution in [3.8, 4) is 0 Å². The standard InChI is InChI=1S/C16H31NO3/c1-16(7-3-2-4-8-16)13-17-10-14(18)11-19-12-15-6-5-9-20-15/h14-15,17-18H,2-13H2,1H3. The van der Waals surface area contributed by atoms with Gasteiger partial charge in [0.05, 0.1) is 25.4 Å². The summed E-state index contributed by atoms with van der Waals surface area (Å²) in [5, 5.41) is 13.3. The summed E-state index contributed by atoms with van der Waals surface area (Å²) < 4.78 is 11.0. The molecule has 2 unspecified atom stereocenters. The molecule has 2 N–H and O–H groups in total. The number of aliphatic hydroxyl groups is 1. The zero-order valence-corrected chi connectivity index (χ0v) is 12.9. The summed E-state index contributed by atoms with van der Waals surface area (Å²) in [4.78, 5) is 0. The van der Waals surface area contributed by atoms with E-state index >= 15 is 0 Å². The molecule has 0 aromatic heterocycles. The fourth-order valence-corrected chi connectivity index (χ4v) is 3.29. The van der Waals surface area contributed by atoms with Gasteiger partial charge in [-0.25, -0.2) is 0 Å². The predicted octanol–water partition coefficient (Wildman–Crippen LogP) is 2.10. The zero-order valence-electron chi connectivity index (χ0n) is 12.9. The number of hydrogen-bond acceptors (Lipinski definition) is 4. The van der Waals surface area contributed by atoms with E-state index in [9.17, 15) is 5.11 Å². The summed E-state index contributed by atoms with van der Waals surface area (Å²) in [5.41, 5.74) is 0.427. The molecule has 2 fully saturated rings. The lowest BCUT2D eigenvalue weighted by atomic mass is 9.76. The SMILES string of the molecule is CC1(CNCC(O)COCC2CCCO2)CCCCC1. The van der Waals surface area contributed by atoms with Crippen LogP contribution in [0.25, 0.3) is 0 Å². The molecule has 0 bridgehead atoms. The van der Waals surface area contributed by atoms with E-state index in [-0.39, 0.29) is 6.10 Å². The summed E-state index contributed by atoms with van der Waals surface area (Å²) in [6, 6.07) is 0. The van der Waals surface area contributed by atoms with E-state index in [4.69, 9.17) is 9.47 Å². The molecule has 0 aromatic carbocycles. The number of ether oxygens (including phenoxy) is 2. The van der Waals surface area contributed by atoms with Gasteiger partial charge in [0, 0.05) is 19.7 Å². The monoisotopic (exact) mass is 285 g/mol. The van der Waals surface area contributed by atoms with Gasteiger partial charge in [-0.3, -0.25) is 0 Å². The van der Waals surface area contributed by atoms with E-state index in [1.807, 2.05) is 0 Å². The maximum atomic E-state index is 9.91. The highest BCUT2D eigenvalue weighted by molar-refractivity contribution is 4.81. The number of nitrogens with one attached hydrogen (secondary N) is 1. The lowest BCUT2D eigenvalue weighted by molar-refractivity contribution is -0.0170. The largest absolute Gasteiger partial charge is 0.389 e. The molecule has 4 heteroatoms. The molecule has 20 heavy (non-hydrogen) atoms. The normalized spacial score (nSPS) is 27.6. The summed E-state index contributed by atoms with van der Waals surface area (Å²) in [5.74, 6) is 0. The van der Waals surface area contributed by atoms with Crippen molar-refractivity contribution < 1.29 is 14.6 Å². The second kappa shape index (κ2) is 8.32. The quantitative estimate of drug-likeness (QED) is 0.717. The molecule has 1 saturated heterocycles. The van der Waals surface area contributed by atoms with Crippen molar-refractivity contribution in [2.45, 2.75) is 64.1 Å². The van der Waals surface area contributed by atoms with Crippen LogP contribution in [0.2, 0.25) is 0 Å². The van der Waals surface area contributed by atoms with Crippen molar-refractivity contribution >= 4 is 0 Å². The van der Waals surface area contributed by atoms with E-state index in [1.165, 1.54) is 32.1 Å². The zero-order chi connectivity index (χ0) is 14.3. The lowest BCUT2D eigenvalue weighted by Gasteiger charge is -2.34. The van der Waals surface area contributed by atoms with E-state index in [0.29, 0.717) is 25.2 Å². The number of hydrogen-bond donors (Lipinski definition) is 2. The van der Waals surface area contributed by atoms with Crippen LogP contribution < -0.4 is 5.32 Å². The third-order valence-corrected chi connectivity index (χ3v) is 4.63. The van der Waals surface area contributed by atoms with Crippen molar-refractivity contribution in [2.24, 2.45) is 5.41 Å². The van der Waals surface area contributed by atoms with E-state index in [0.717, 1.165) is 26.0 Å². The summed E-state index contributed by atoms with van der Waals surface area (Å²) >= 11 is 0. The van der Waals surface area contributed by atoms with Gasteiger partial charge in [-0.05, 0) is 31.1 Å². The lowest BCUT2D eigenvalue weighted by Crippen LogP contribution is -2.38. The van der Waals surface area contributed by atoms with Gasteiger partial charge in [0.25, 0.3) is 0 Å². The Morgan fingerprint density at radius 2 is 2.10 bits per heavy atom. The van der Waals surface area contributed by atoms with Gasteiger partial charge in [-0.2, -0.15) is 0 Å². The molecule has 2 aliphatic rings. The molecule has 1 saturated carbocycles. The minimum Gasteiger partial charge on any atom is -0.389 e. The average Bonchev–Trinajstić information content (AvgIpc) is 2.92. The van der Waals surface area contributed by atoms with Crippen LogP contribution in [0, 0.1) is 5.41 Å². The van der Waals surface area contributed by atoms with Crippen LogP contribution in [0.5, 0.6) is 0 Å². The van der Waals surface area contributed by atoms with Crippen molar-refractivity contribution in [1.82, 2.24) is 5.32 Å². The van der Waals surface area contributed by atoms with Crippen LogP contribution in [-0.4, -0.2) is 50.2 Å². The first-order chi connectivity index (χ1) is 9.68. The Morgan fingerprint density at radius 3 is 2.80 bits per heavy atom. The topological polar surface area (TPSA) is 50.7 Å². The molecule has 0 radical (unpaired) electrons. The molecule has 2 atom stereocenters. The van der Waals surface area contributed by atoms with Crippen molar-refractivity contribution in [2.75, 3.05) is 32.9 Å². The van der Waals surface area contributed by atoms with Crippen molar-refractivity contribution in [1.29, 1.82) is 0 Å². The minimum absolute atomic E-state index is 0.247. The molecule has 0 aromatic rings. The molecule has 1 aliphatic heterocycles. The highest BCUT2D eigenvalue weighted by Gasteiger charge is 2.26. The van der Waals surface area contributed by atoms with Gasteiger partial charge in [0.2, 0.25) is 0 Å². The molecule has 0 spiro atoms. The van der Waals surface area contributed by atoms with Crippen LogP contribution in [0.1, 0.15) is 51.9 Å². The molecule has 118 valence electrons. The molecular formula is C16H31NO3. The average molecular weight is 285 g/mol. The first-order valence-corrected chi connectivity index (χ1v) is 8.26. The van der Waals surface area contributed by atoms with Crippen LogP contribution in [-0.2, 0) is 9.47 Å². The highest BCUT2D eigenvalue weighted by atomic mass is 16.5. The Hall–Kier alpha value is -0.160. The van der Waals surface area contributed by atoms with E-state index in [1.54, 1.807) is 0 Å². The maximum absolute atomic E-state index is 9.91.